The number of nitrogens with one attached hydrogen (secondary N) is 1. The predicted molar refractivity (Wildman–Crippen MR) is 86.7 cm³/mol. The fourth-order valence-corrected chi connectivity index (χ4v) is 2.71. The highest BCUT2D eigenvalue weighted by Gasteiger charge is 2.28. The molecule has 6 nitrogen and oxygen atoms in total. The van der Waals surface area contributed by atoms with E-state index in [1.54, 1.807) is 5.51 Å². The summed E-state index contributed by atoms with van der Waals surface area (Å²) >= 11 is 4.63. The molecule has 1 N–H and O–H groups in total. The molecular formula is C14H13BrN2O4S. The number of anilines is 1. The van der Waals surface area contributed by atoms with Crippen molar-refractivity contribution in [3.63, 3.8) is 0 Å². The number of amides is 1. The lowest BCUT2D eigenvalue weighted by Crippen LogP contribution is -2.37. The number of halogens is 1. The number of esters is 1. The lowest BCUT2D eigenvalue weighted by atomic mass is 10.1. The normalized spacial score (nSPS) is 11.8. The molecule has 0 aliphatic carbocycles. The van der Waals surface area contributed by atoms with Gasteiger partial charge < -0.3 is 14.8 Å². The molecule has 1 heterocycles. The first-order chi connectivity index (χ1) is 10.6. The van der Waals surface area contributed by atoms with Crippen LogP contribution in [0.15, 0.2) is 34.2 Å². The maximum absolute atomic E-state index is 12.1. The molecular weight excluding hydrogens is 372 g/mol. The van der Waals surface area contributed by atoms with Crippen molar-refractivity contribution in [2.24, 2.45) is 0 Å². The first-order valence-corrected chi connectivity index (χ1v) is 7.85. The number of benzene rings is 1. The molecule has 8 heteroatoms. The SMILES string of the molecule is COC(=O)C(OC)C(=O)Nc1scnc1-c1ccc(Br)cc1. The van der Waals surface area contributed by atoms with Crippen molar-refractivity contribution in [1.29, 1.82) is 0 Å². The van der Waals surface area contributed by atoms with E-state index in [1.165, 1.54) is 25.6 Å². The van der Waals surface area contributed by atoms with Crippen LogP contribution in [0.5, 0.6) is 0 Å². The van der Waals surface area contributed by atoms with E-state index < -0.39 is 18.0 Å². The summed E-state index contributed by atoms with van der Waals surface area (Å²) in [5, 5.41) is 3.19. The van der Waals surface area contributed by atoms with Gasteiger partial charge in [-0.2, -0.15) is 0 Å². The van der Waals surface area contributed by atoms with Crippen LogP contribution in [-0.4, -0.2) is 37.2 Å². The van der Waals surface area contributed by atoms with E-state index in [0.717, 1.165) is 10.0 Å². The number of aromatic nitrogens is 1. The van der Waals surface area contributed by atoms with Gasteiger partial charge in [-0.05, 0) is 12.1 Å². The Labute approximate surface area is 139 Å². The van der Waals surface area contributed by atoms with Gasteiger partial charge in [0.25, 0.3) is 5.91 Å². The molecule has 0 spiro atoms. The molecule has 2 aromatic rings. The molecule has 1 amide bonds. The van der Waals surface area contributed by atoms with E-state index in [-0.39, 0.29) is 0 Å². The Morgan fingerprint density at radius 1 is 1.27 bits per heavy atom. The molecule has 1 aromatic heterocycles. The fourth-order valence-electron chi connectivity index (χ4n) is 1.74. The molecule has 116 valence electrons. The minimum Gasteiger partial charge on any atom is -0.467 e. The smallest absolute Gasteiger partial charge is 0.344 e. The van der Waals surface area contributed by atoms with Gasteiger partial charge in [0.05, 0.1) is 12.6 Å². The van der Waals surface area contributed by atoms with E-state index in [0.29, 0.717) is 10.7 Å². The van der Waals surface area contributed by atoms with Crippen LogP contribution in [0, 0.1) is 0 Å². The van der Waals surface area contributed by atoms with Crippen molar-refractivity contribution in [2.75, 3.05) is 19.5 Å². The number of carbonyl (C=O) groups is 2. The number of rotatable bonds is 5. The maximum atomic E-state index is 12.1. The molecule has 1 aromatic carbocycles. The molecule has 0 bridgehead atoms. The monoisotopic (exact) mass is 384 g/mol. The largest absolute Gasteiger partial charge is 0.467 e. The van der Waals surface area contributed by atoms with Crippen LogP contribution >= 0.6 is 27.3 Å². The molecule has 0 saturated carbocycles. The van der Waals surface area contributed by atoms with Crippen LogP contribution in [-0.2, 0) is 19.1 Å². The standard InChI is InChI=1S/C14H13BrN2O4S/c1-20-11(14(19)21-2)12(18)17-13-10(16-7-22-13)8-3-5-9(15)6-4-8/h3-7,11H,1-2H3,(H,17,18). The first-order valence-electron chi connectivity index (χ1n) is 6.17. The van der Waals surface area contributed by atoms with Crippen LogP contribution in [0.25, 0.3) is 11.3 Å². The van der Waals surface area contributed by atoms with Crippen molar-refractivity contribution in [3.05, 3.63) is 34.2 Å². The quantitative estimate of drug-likeness (QED) is 0.633. The molecule has 2 rings (SSSR count). The van der Waals surface area contributed by atoms with Gasteiger partial charge >= 0.3 is 5.97 Å². The second-order valence-corrected chi connectivity index (χ2v) is 5.94. The van der Waals surface area contributed by atoms with E-state index in [2.05, 4.69) is 31.0 Å². The van der Waals surface area contributed by atoms with Gasteiger partial charge in [-0.15, -0.1) is 11.3 Å². The zero-order valence-electron chi connectivity index (χ0n) is 11.8. The number of hydrogen-bond acceptors (Lipinski definition) is 6. The molecule has 0 aliphatic heterocycles. The van der Waals surface area contributed by atoms with Gasteiger partial charge in [0.2, 0.25) is 6.10 Å². The Morgan fingerprint density at radius 3 is 2.55 bits per heavy atom. The summed E-state index contributed by atoms with van der Waals surface area (Å²) in [4.78, 5) is 27.8. The average Bonchev–Trinajstić information content (AvgIpc) is 2.96. The molecule has 1 atom stereocenters. The van der Waals surface area contributed by atoms with Crippen LogP contribution in [0.1, 0.15) is 0 Å². The van der Waals surface area contributed by atoms with E-state index in [9.17, 15) is 9.59 Å². The summed E-state index contributed by atoms with van der Waals surface area (Å²) in [6.07, 6.45) is -1.31. The summed E-state index contributed by atoms with van der Waals surface area (Å²) in [5.41, 5.74) is 3.10. The van der Waals surface area contributed by atoms with Gasteiger partial charge in [0.15, 0.2) is 0 Å². The van der Waals surface area contributed by atoms with Crippen molar-refractivity contribution in [1.82, 2.24) is 4.98 Å². The molecule has 1 unspecified atom stereocenters. The van der Waals surface area contributed by atoms with Crippen LogP contribution in [0.2, 0.25) is 0 Å². The highest BCUT2D eigenvalue weighted by molar-refractivity contribution is 9.10. The van der Waals surface area contributed by atoms with Crippen LogP contribution < -0.4 is 5.32 Å². The topological polar surface area (TPSA) is 77.5 Å². The zero-order chi connectivity index (χ0) is 16.1. The zero-order valence-corrected chi connectivity index (χ0v) is 14.2. The van der Waals surface area contributed by atoms with Gasteiger partial charge in [0.1, 0.15) is 10.7 Å². The number of nitrogens with zero attached hydrogens (tertiary/aromatic N) is 1. The minimum absolute atomic E-state index is 0.540. The lowest BCUT2D eigenvalue weighted by Gasteiger charge is -2.12. The summed E-state index contributed by atoms with van der Waals surface area (Å²) < 4.78 is 10.3. The predicted octanol–water partition coefficient (Wildman–Crippen LogP) is 2.70. The van der Waals surface area contributed by atoms with E-state index in [4.69, 9.17) is 4.74 Å². The van der Waals surface area contributed by atoms with Crippen molar-refractivity contribution in [2.45, 2.75) is 6.10 Å². The van der Waals surface area contributed by atoms with Crippen molar-refractivity contribution >= 4 is 44.1 Å². The Balaban J connectivity index is 2.21. The third-order valence-electron chi connectivity index (χ3n) is 2.81. The third-order valence-corrected chi connectivity index (χ3v) is 4.08. The summed E-state index contributed by atoms with van der Waals surface area (Å²) in [5.74, 6) is -1.35. The molecule has 0 radical (unpaired) electrons. The third kappa shape index (κ3) is 3.70. The second-order valence-electron chi connectivity index (χ2n) is 4.17. The first kappa shape index (κ1) is 16.6. The molecule has 0 aliphatic rings. The summed E-state index contributed by atoms with van der Waals surface area (Å²) in [7, 11) is 2.46. The van der Waals surface area contributed by atoms with Gasteiger partial charge in [-0.3, -0.25) is 4.79 Å². The summed E-state index contributed by atoms with van der Waals surface area (Å²) in [6, 6.07) is 7.52. The maximum Gasteiger partial charge on any atom is 0.344 e. The highest BCUT2D eigenvalue weighted by atomic mass is 79.9. The number of hydrogen-bond donors (Lipinski definition) is 1. The average molecular weight is 385 g/mol. The van der Waals surface area contributed by atoms with Crippen LogP contribution in [0.3, 0.4) is 0 Å². The van der Waals surface area contributed by atoms with E-state index in [1.807, 2.05) is 24.3 Å². The molecule has 0 saturated heterocycles. The Morgan fingerprint density at radius 2 is 1.95 bits per heavy atom. The molecule has 22 heavy (non-hydrogen) atoms. The number of thiazole rings is 1. The Bertz CT molecular complexity index is 672. The van der Waals surface area contributed by atoms with Gasteiger partial charge in [-0.1, -0.05) is 28.1 Å². The number of methoxy groups -OCH3 is 2. The lowest BCUT2D eigenvalue weighted by molar-refractivity contribution is -0.156. The molecule has 0 fully saturated rings. The minimum atomic E-state index is -1.31. The fraction of sp³-hybridized carbons (Fsp3) is 0.214. The number of ether oxygens (including phenoxy) is 2. The van der Waals surface area contributed by atoms with Gasteiger partial charge in [0, 0.05) is 17.1 Å². The van der Waals surface area contributed by atoms with Crippen LogP contribution in [0.4, 0.5) is 5.00 Å². The van der Waals surface area contributed by atoms with Gasteiger partial charge in [-0.25, -0.2) is 9.78 Å². The Kier molecular flexibility index (Phi) is 5.64. The summed E-state index contributed by atoms with van der Waals surface area (Å²) in [6.45, 7) is 0. The van der Waals surface area contributed by atoms with Crippen molar-refractivity contribution in [3.8, 4) is 11.3 Å². The van der Waals surface area contributed by atoms with Crippen molar-refractivity contribution < 1.29 is 19.1 Å². The highest BCUT2D eigenvalue weighted by Crippen LogP contribution is 2.31. The second kappa shape index (κ2) is 7.48. The van der Waals surface area contributed by atoms with E-state index >= 15 is 0 Å². The Hall–Kier alpha value is -1.77. The number of carbonyl (C=O) groups excluding carboxylic acids is 2.